The lowest BCUT2D eigenvalue weighted by Crippen LogP contribution is -1.89. The predicted molar refractivity (Wildman–Crippen MR) is 75.5 cm³/mol. The van der Waals surface area contributed by atoms with Gasteiger partial charge in [0.25, 0.3) is 0 Å². The number of thioether (sulfide) groups is 2. The Morgan fingerprint density at radius 1 is 1.47 bits per heavy atom. The first-order valence-electron chi connectivity index (χ1n) is 4.79. The molecule has 1 aromatic carbocycles. The summed E-state index contributed by atoms with van der Waals surface area (Å²) >= 11 is 7.19. The maximum Gasteiger partial charge on any atom is 0.130 e. The van der Waals surface area contributed by atoms with Crippen molar-refractivity contribution in [3.05, 3.63) is 28.2 Å². The van der Waals surface area contributed by atoms with Gasteiger partial charge in [0.2, 0.25) is 0 Å². The lowest BCUT2D eigenvalue weighted by molar-refractivity contribution is 1.15. The zero-order valence-corrected chi connectivity index (χ0v) is 11.9. The lowest BCUT2D eigenvalue weighted by Gasteiger charge is -2.01. The van der Waals surface area contributed by atoms with E-state index in [1.807, 2.05) is 29.6 Å². The van der Waals surface area contributed by atoms with E-state index in [2.05, 4.69) is 46.9 Å². The first-order chi connectivity index (χ1) is 7.15. The van der Waals surface area contributed by atoms with Crippen LogP contribution in [0.3, 0.4) is 0 Å². The van der Waals surface area contributed by atoms with Gasteiger partial charge in [-0.1, -0.05) is 46.4 Å². The van der Waals surface area contributed by atoms with Gasteiger partial charge in [-0.25, -0.2) is 4.99 Å². The average molecular weight is 302 g/mol. The summed E-state index contributed by atoms with van der Waals surface area (Å²) < 4.78 is 2.32. The van der Waals surface area contributed by atoms with Gasteiger partial charge in [0.1, 0.15) is 4.38 Å². The van der Waals surface area contributed by atoms with Crippen LogP contribution in [-0.2, 0) is 0 Å². The fourth-order valence-corrected chi connectivity index (χ4v) is 4.29. The van der Waals surface area contributed by atoms with Crippen LogP contribution in [0, 0.1) is 6.92 Å². The molecule has 1 aliphatic rings. The first-order valence-corrected chi connectivity index (χ1v) is 7.45. The van der Waals surface area contributed by atoms with Crippen LogP contribution < -0.4 is 0 Å². The zero-order chi connectivity index (χ0) is 10.8. The Hall–Kier alpha value is 0.0700. The summed E-state index contributed by atoms with van der Waals surface area (Å²) in [5.41, 5.74) is 2.31. The van der Waals surface area contributed by atoms with E-state index in [4.69, 9.17) is 0 Å². The molecular weight excluding hydrogens is 290 g/mol. The standard InChI is InChI=1S/C11H12BrNS2/c1-7-5-9(12)3-4-10(7)13-11-14-6-8(2)15-11/h3-5,8H,6H2,1-2H3. The maximum atomic E-state index is 4.67. The van der Waals surface area contributed by atoms with Gasteiger partial charge in [-0.3, -0.25) is 0 Å². The van der Waals surface area contributed by atoms with E-state index in [-0.39, 0.29) is 0 Å². The van der Waals surface area contributed by atoms with Crippen LogP contribution in [0.4, 0.5) is 5.69 Å². The van der Waals surface area contributed by atoms with Gasteiger partial charge in [-0.05, 0) is 30.7 Å². The molecule has 1 atom stereocenters. The largest absolute Gasteiger partial charge is 0.235 e. The Labute approximate surface area is 107 Å². The number of nitrogens with zero attached hydrogens (tertiary/aromatic N) is 1. The summed E-state index contributed by atoms with van der Waals surface area (Å²) in [6.45, 7) is 4.34. The van der Waals surface area contributed by atoms with Gasteiger partial charge in [-0.15, -0.1) is 0 Å². The molecule has 1 nitrogen and oxygen atoms in total. The van der Waals surface area contributed by atoms with E-state index < -0.39 is 0 Å². The van der Waals surface area contributed by atoms with Crippen molar-refractivity contribution in [2.24, 2.45) is 4.99 Å². The van der Waals surface area contributed by atoms with Gasteiger partial charge < -0.3 is 0 Å². The monoisotopic (exact) mass is 301 g/mol. The van der Waals surface area contributed by atoms with Crippen LogP contribution in [0.25, 0.3) is 0 Å². The number of hydrogen-bond donors (Lipinski definition) is 0. The molecule has 0 aliphatic carbocycles. The van der Waals surface area contributed by atoms with E-state index in [0.29, 0.717) is 5.25 Å². The Kier molecular flexibility index (Phi) is 3.80. The van der Waals surface area contributed by atoms with Crippen LogP contribution in [-0.4, -0.2) is 15.4 Å². The van der Waals surface area contributed by atoms with E-state index >= 15 is 0 Å². The van der Waals surface area contributed by atoms with Crippen molar-refractivity contribution in [2.75, 3.05) is 5.75 Å². The van der Waals surface area contributed by atoms with Gasteiger partial charge >= 0.3 is 0 Å². The highest BCUT2D eigenvalue weighted by molar-refractivity contribution is 9.10. The number of rotatable bonds is 1. The number of aryl methyl sites for hydroxylation is 1. The maximum absolute atomic E-state index is 4.67. The Morgan fingerprint density at radius 3 is 2.87 bits per heavy atom. The first kappa shape index (κ1) is 11.6. The molecule has 1 unspecified atom stereocenters. The van der Waals surface area contributed by atoms with Gasteiger partial charge in [0, 0.05) is 15.5 Å². The quantitative estimate of drug-likeness (QED) is 0.751. The molecule has 4 heteroatoms. The fourth-order valence-electron chi connectivity index (χ4n) is 1.33. The predicted octanol–water partition coefficient (Wildman–Crippen LogP) is 4.61. The fraction of sp³-hybridized carbons (Fsp3) is 0.364. The van der Waals surface area contributed by atoms with Crippen molar-refractivity contribution in [1.82, 2.24) is 0 Å². The van der Waals surface area contributed by atoms with Gasteiger partial charge in [0.05, 0.1) is 5.69 Å². The van der Waals surface area contributed by atoms with E-state index in [9.17, 15) is 0 Å². The van der Waals surface area contributed by atoms with Crippen molar-refractivity contribution in [1.29, 1.82) is 0 Å². The third kappa shape index (κ3) is 3.02. The normalized spacial score (nSPS) is 23.7. The number of benzene rings is 1. The number of aliphatic imine (C=N–C) groups is 1. The Balaban J connectivity index is 2.24. The molecule has 0 N–H and O–H groups in total. The van der Waals surface area contributed by atoms with E-state index in [1.54, 1.807) is 0 Å². The van der Waals surface area contributed by atoms with Crippen molar-refractivity contribution in [3.8, 4) is 0 Å². The molecule has 0 saturated carbocycles. The molecule has 80 valence electrons. The van der Waals surface area contributed by atoms with Crippen LogP contribution >= 0.6 is 39.5 Å². The minimum Gasteiger partial charge on any atom is -0.235 e. The van der Waals surface area contributed by atoms with Gasteiger partial charge in [-0.2, -0.15) is 0 Å². The second-order valence-corrected chi connectivity index (χ2v) is 7.16. The summed E-state index contributed by atoms with van der Waals surface area (Å²) in [5, 5.41) is 0.699. The molecule has 0 spiro atoms. The average Bonchev–Trinajstić information content (AvgIpc) is 2.56. The highest BCUT2D eigenvalue weighted by Crippen LogP contribution is 2.35. The summed E-state index contributed by atoms with van der Waals surface area (Å²) in [7, 11) is 0. The molecule has 0 amide bonds. The lowest BCUT2D eigenvalue weighted by atomic mass is 10.2. The molecule has 0 bridgehead atoms. The van der Waals surface area contributed by atoms with Crippen LogP contribution in [0.15, 0.2) is 27.7 Å². The smallest absolute Gasteiger partial charge is 0.130 e. The highest BCUT2D eigenvalue weighted by atomic mass is 79.9. The van der Waals surface area contributed by atoms with Crippen molar-refractivity contribution >= 4 is 49.5 Å². The number of hydrogen-bond acceptors (Lipinski definition) is 3. The molecule has 0 aromatic heterocycles. The van der Waals surface area contributed by atoms with E-state index in [0.717, 1.165) is 10.2 Å². The summed E-state index contributed by atoms with van der Waals surface area (Å²) in [6.07, 6.45) is 0. The second kappa shape index (κ2) is 4.93. The molecule has 1 heterocycles. The minimum absolute atomic E-state index is 0.699. The molecule has 1 aromatic rings. The Morgan fingerprint density at radius 2 is 2.27 bits per heavy atom. The van der Waals surface area contributed by atoms with E-state index in [1.165, 1.54) is 15.7 Å². The summed E-state index contributed by atoms with van der Waals surface area (Å²) in [4.78, 5) is 4.67. The molecular formula is C11H12BrNS2. The molecule has 0 radical (unpaired) electrons. The van der Waals surface area contributed by atoms with Crippen LogP contribution in [0.5, 0.6) is 0 Å². The third-order valence-corrected chi connectivity index (χ3v) is 5.33. The van der Waals surface area contributed by atoms with Crippen LogP contribution in [0.2, 0.25) is 0 Å². The van der Waals surface area contributed by atoms with Gasteiger partial charge in [0.15, 0.2) is 0 Å². The SMILES string of the molecule is Cc1cc(Br)ccc1N=C1SCC(C)S1. The zero-order valence-electron chi connectivity index (χ0n) is 8.66. The molecule has 1 saturated heterocycles. The molecule has 1 fully saturated rings. The third-order valence-electron chi connectivity index (χ3n) is 2.11. The highest BCUT2D eigenvalue weighted by Gasteiger charge is 2.17. The van der Waals surface area contributed by atoms with Crippen molar-refractivity contribution in [2.45, 2.75) is 19.1 Å². The Bertz CT molecular complexity index is 404. The summed E-state index contributed by atoms with van der Waals surface area (Å²) in [5.74, 6) is 1.18. The van der Waals surface area contributed by atoms with Crippen molar-refractivity contribution in [3.63, 3.8) is 0 Å². The number of halogens is 1. The summed E-state index contributed by atoms with van der Waals surface area (Å²) in [6, 6.07) is 6.21. The topological polar surface area (TPSA) is 12.4 Å². The van der Waals surface area contributed by atoms with Crippen LogP contribution in [0.1, 0.15) is 12.5 Å². The van der Waals surface area contributed by atoms with Crippen molar-refractivity contribution < 1.29 is 0 Å². The molecule has 1 aliphatic heterocycles. The minimum atomic E-state index is 0.699. The molecule has 15 heavy (non-hydrogen) atoms. The second-order valence-electron chi connectivity index (χ2n) is 3.55. The molecule has 2 rings (SSSR count).